The third-order valence-corrected chi connectivity index (χ3v) is 3.95. The fourth-order valence-corrected chi connectivity index (χ4v) is 2.45. The Morgan fingerprint density at radius 2 is 1.77 bits per heavy atom. The molecule has 0 aliphatic heterocycles. The number of nitrogens with one attached hydrogen (secondary N) is 2. The molecule has 26 heavy (non-hydrogen) atoms. The van der Waals surface area contributed by atoms with Crippen LogP contribution >= 0.6 is 11.6 Å². The number of urea groups is 1. The Kier molecular flexibility index (Phi) is 7.41. The van der Waals surface area contributed by atoms with Gasteiger partial charge in [-0.25, -0.2) is 4.79 Å². The molecule has 0 aromatic heterocycles. The molecule has 2 aromatic carbocycles. The van der Waals surface area contributed by atoms with Crippen LogP contribution in [0, 0.1) is 6.92 Å². The largest absolute Gasteiger partial charge is 0.493 e. The van der Waals surface area contributed by atoms with Crippen LogP contribution in [0.5, 0.6) is 17.2 Å². The minimum Gasteiger partial charge on any atom is -0.493 e. The lowest BCUT2D eigenvalue weighted by Crippen LogP contribution is -2.37. The fraction of sp³-hybridized carbons (Fsp3) is 0.316. The predicted molar refractivity (Wildman–Crippen MR) is 101 cm³/mol. The molecule has 7 heteroatoms. The number of amides is 2. The standard InChI is InChI=1S/C19H23ClN2O4/c1-13-4-6-15(20)17(10-13)26-9-8-21-19(23)22-12-14-5-7-16(24-2)18(11-14)25-3/h4-7,10-11H,8-9,12H2,1-3H3,(H2,21,22,23). The highest BCUT2D eigenvalue weighted by molar-refractivity contribution is 6.32. The highest BCUT2D eigenvalue weighted by Gasteiger charge is 2.06. The summed E-state index contributed by atoms with van der Waals surface area (Å²) >= 11 is 6.06. The van der Waals surface area contributed by atoms with Gasteiger partial charge in [0.2, 0.25) is 0 Å². The zero-order valence-corrected chi connectivity index (χ0v) is 15.9. The molecule has 0 aliphatic rings. The fourth-order valence-electron chi connectivity index (χ4n) is 2.28. The van der Waals surface area contributed by atoms with Gasteiger partial charge in [-0.15, -0.1) is 0 Å². The van der Waals surface area contributed by atoms with E-state index >= 15 is 0 Å². The molecule has 0 aliphatic carbocycles. The lowest BCUT2D eigenvalue weighted by molar-refractivity contribution is 0.236. The van der Waals surface area contributed by atoms with E-state index in [4.69, 9.17) is 25.8 Å². The molecule has 0 saturated heterocycles. The number of carbonyl (C=O) groups excluding carboxylic acids is 1. The van der Waals surface area contributed by atoms with Gasteiger partial charge < -0.3 is 24.8 Å². The Morgan fingerprint density at radius 1 is 1.00 bits per heavy atom. The molecule has 2 aromatic rings. The first-order valence-corrected chi connectivity index (χ1v) is 8.53. The van der Waals surface area contributed by atoms with E-state index in [0.29, 0.717) is 42.0 Å². The number of hydrogen-bond donors (Lipinski definition) is 2. The van der Waals surface area contributed by atoms with Crippen molar-refractivity contribution in [1.82, 2.24) is 10.6 Å². The second kappa shape index (κ2) is 9.77. The molecule has 2 N–H and O–H groups in total. The van der Waals surface area contributed by atoms with Crippen LogP contribution in [-0.4, -0.2) is 33.4 Å². The molecule has 2 rings (SSSR count). The predicted octanol–water partition coefficient (Wildman–Crippen LogP) is 3.54. The Hall–Kier alpha value is -2.60. The Labute approximate surface area is 158 Å². The number of halogens is 1. The first-order valence-electron chi connectivity index (χ1n) is 8.15. The van der Waals surface area contributed by atoms with Crippen LogP contribution in [0.3, 0.4) is 0 Å². The van der Waals surface area contributed by atoms with Crippen molar-refractivity contribution < 1.29 is 19.0 Å². The van der Waals surface area contributed by atoms with E-state index in [2.05, 4.69) is 10.6 Å². The number of rotatable bonds is 8. The first-order chi connectivity index (χ1) is 12.5. The molecule has 140 valence electrons. The first kappa shape index (κ1) is 19.7. The van der Waals surface area contributed by atoms with E-state index in [9.17, 15) is 4.79 Å². The molecule has 0 saturated carbocycles. The number of benzene rings is 2. The van der Waals surface area contributed by atoms with E-state index in [1.54, 1.807) is 26.4 Å². The van der Waals surface area contributed by atoms with E-state index in [0.717, 1.165) is 11.1 Å². The number of ether oxygens (including phenoxy) is 3. The second-order valence-corrected chi connectivity index (χ2v) is 5.99. The maximum Gasteiger partial charge on any atom is 0.315 e. The number of methoxy groups -OCH3 is 2. The van der Waals surface area contributed by atoms with Gasteiger partial charge in [0, 0.05) is 6.54 Å². The highest BCUT2D eigenvalue weighted by Crippen LogP contribution is 2.27. The summed E-state index contributed by atoms with van der Waals surface area (Å²) in [5.74, 6) is 1.88. The van der Waals surface area contributed by atoms with Crippen LogP contribution in [-0.2, 0) is 6.54 Å². The maximum absolute atomic E-state index is 11.9. The molecule has 2 amide bonds. The smallest absolute Gasteiger partial charge is 0.315 e. The van der Waals surface area contributed by atoms with Crippen molar-refractivity contribution in [2.24, 2.45) is 0 Å². The van der Waals surface area contributed by atoms with Crippen molar-refractivity contribution in [3.63, 3.8) is 0 Å². The van der Waals surface area contributed by atoms with Gasteiger partial charge in [-0.3, -0.25) is 0 Å². The van der Waals surface area contributed by atoms with Crippen molar-refractivity contribution in [3.05, 3.63) is 52.5 Å². The van der Waals surface area contributed by atoms with Gasteiger partial charge in [-0.2, -0.15) is 0 Å². The molecule has 6 nitrogen and oxygen atoms in total. The molecule has 0 fully saturated rings. The van der Waals surface area contributed by atoms with Gasteiger partial charge in [0.1, 0.15) is 12.4 Å². The molecule has 0 spiro atoms. The highest BCUT2D eigenvalue weighted by atomic mass is 35.5. The average molecular weight is 379 g/mol. The zero-order chi connectivity index (χ0) is 18.9. The third-order valence-electron chi connectivity index (χ3n) is 3.63. The van der Waals surface area contributed by atoms with Gasteiger partial charge in [0.05, 0.1) is 25.8 Å². The zero-order valence-electron chi connectivity index (χ0n) is 15.1. The van der Waals surface area contributed by atoms with Crippen molar-refractivity contribution in [2.45, 2.75) is 13.5 Å². The molecular formula is C19H23ClN2O4. The summed E-state index contributed by atoms with van der Waals surface area (Å²) in [6.07, 6.45) is 0. The van der Waals surface area contributed by atoms with Crippen molar-refractivity contribution in [3.8, 4) is 17.2 Å². The SMILES string of the molecule is COc1ccc(CNC(=O)NCCOc2cc(C)ccc2Cl)cc1OC. The van der Waals surface area contributed by atoms with E-state index in [1.165, 1.54) is 0 Å². The van der Waals surface area contributed by atoms with Crippen molar-refractivity contribution in [1.29, 1.82) is 0 Å². The summed E-state index contributed by atoms with van der Waals surface area (Å²) in [6, 6.07) is 10.8. The van der Waals surface area contributed by atoms with Crippen LogP contribution in [0.1, 0.15) is 11.1 Å². The van der Waals surface area contributed by atoms with Gasteiger partial charge in [-0.05, 0) is 42.3 Å². The molecule has 0 atom stereocenters. The summed E-state index contributed by atoms with van der Waals surface area (Å²) in [4.78, 5) is 11.9. The average Bonchev–Trinajstić information content (AvgIpc) is 2.65. The Morgan fingerprint density at radius 3 is 2.50 bits per heavy atom. The van der Waals surface area contributed by atoms with E-state index in [1.807, 2.05) is 31.2 Å². The van der Waals surface area contributed by atoms with Crippen LogP contribution in [0.2, 0.25) is 5.02 Å². The third kappa shape index (κ3) is 5.74. The Bertz CT molecular complexity index is 752. The molecule has 0 bridgehead atoms. The molecule has 0 radical (unpaired) electrons. The summed E-state index contributed by atoms with van der Waals surface area (Å²) < 4.78 is 16.0. The monoisotopic (exact) mass is 378 g/mol. The van der Waals surface area contributed by atoms with E-state index in [-0.39, 0.29) is 6.03 Å². The summed E-state index contributed by atoms with van der Waals surface area (Å²) in [7, 11) is 3.15. The lowest BCUT2D eigenvalue weighted by Gasteiger charge is -2.12. The maximum atomic E-state index is 11.9. The molecular weight excluding hydrogens is 356 g/mol. The summed E-state index contributed by atoms with van der Waals surface area (Å²) in [6.45, 7) is 3.02. The lowest BCUT2D eigenvalue weighted by atomic mass is 10.2. The summed E-state index contributed by atoms with van der Waals surface area (Å²) in [5.41, 5.74) is 1.96. The van der Waals surface area contributed by atoms with E-state index < -0.39 is 0 Å². The molecule has 0 unspecified atom stereocenters. The van der Waals surface area contributed by atoms with Gasteiger partial charge >= 0.3 is 6.03 Å². The van der Waals surface area contributed by atoms with Gasteiger partial charge in [0.15, 0.2) is 11.5 Å². The minimum atomic E-state index is -0.279. The molecule has 0 heterocycles. The van der Waals surface area contributed by atoms with Crippen molar-refractivity contribution in [2.75, 3.05) is 27.4 Å². The van der Waals surface area contributed by atoms with Gasteiger partial charge in [-0.1, -0.05) is 23.7 Å². The second-order valence-electron chi connectivity index (χ2n) is 5.58. The minimum absolute atomic E-state index is 0.279. The van der Waals surface area contributed by atoms with Crippen LogP contribution < -0.4 is 24.8 Å². The number of aryl methyl sites for hydroxylation is 1. The van der Waals surface area contributed by atoms with Crippen LogP contribution in [0.4, 0.5) is 4.79 Å². The normalized spacial score (nSPS) is 10.2. The van der Waals surface area contributed by atoms with Crippen LogP contribution in [0.25, 0.3) is 0 Å². The summed E-state index contributed by atoms with van der Waals surface area (Å²) in [5, 5.41) is 6.06. The Balaban J connectivity index is 1.73. The van der Waals surface area contributed by atoms with Gasteiger partial charge in [0.25, 0.3) is 0 Å². The van der Waals surface area contributed by atoms with Crippen LogP contribution in [0.15, 0.2) is 36.4 Å². The number of hydrogen-bond acceptors (Lipinski definition) is 4. The topological polar surface area (TPSA) is 68.8 Å². The van der Waals surface area contributed by atoms with Crippen molar-refractivity contribution >= 4 is 17.6 Å². The quantitative estimate of drug-likeness (QED) is 0.689. The number of carbonyl (C=O) groups is 1.